The molecule has 8 heteroatoms. The Morgan fingerprint density at radius 1 is 1.42 bits per heavy atom. The summed E-state index contributed by atoms with van der Waals surface area (Å²) >= 11 is 0. The van der Waals surface area contributed by atoms with Crippen molar-refractivity contribution in [3.8, 4) is 5.75 Å². The largest absolute Gasteiger partial charge is 0.491 e. The van der Waals surface area contributed by atoms with Gasteiger partial charge in [0.2, 0.25) is 0 Å². The zero-order valence-electron chi connectivity index (χ0n) is 14.0. The molecule has 0 spiro atoms. The van der Waals surface area contributed by atoms with Crippen LogP contribution in [0.4, 0.5) is 4.39 Å². The lowest BCUT2D eigenvalue weighted by Crippen LogP contribution is -2.44. The Morgan fingerprint density at radius 2 is 2.21 bits per heavy atom. The molecule has 0 aliphatic carbocycles. The summed E-state index contributed by atoms with van der Waals surface area (Å²) in [7, 11) is -2.95. The van der Waals surface area contributed by atoms with Crippen molar-refractivity contribution in [3.05, 3.63) is 29.6 Å². The number of rotatable bonds is 6. The van der Waals surface area contributed by atoms with Crippen molar-refractivity contribution >= 4 is 15.8 Å². The Bertz CT molecular complexity index is 692. The highest BCUT2D eigenvalue weighted by Gasteiger charge is 2.28. The molecule has 24 heavy (non-hydrogen) atoms. The second kappa shape index (κ2) is 8.32. The highest BCUT2D eigenvalue weighted by atomic mass is 32.2. The van der Waals surface area contributed by atoms with Gasteiger partial charge in [-0.2, -0.15) is 0 Å². The van der Waals surface area contributed by atoms with Crippen LogP contribution in [0.3, 0.4) is 0 Å². The fourth-order valence-corrected chi connectivity index (χ4v) is 4.18. The van der Waals surface area contributed by atoms with Gasteiger partial charge in [-0.3, -0.25) is 0 Å². The Morgan fingerprint density at radius 3 is 2.79 bits per heavy atom. The second-order valence-corrected chi connectivity index (χ2v) is 7.87. The molecular weight excluding hydrogens is 333 g/mol. The van der Waals surface area contributed by atoms with E-state index in [1.807, 2.05) is 6.92 Å². The molecular formula is C16H24FN3O3S. The lowest BCUT2D eigenvalue weighted by Gasteiger charge is -2.15. The number of aliphatic imine (C=N–C) groups is 1. The minimum atomic E-state index is -2.95. The van der Waals surface area contributed by atoms with Crippen LogP contribution in [0.1, 0.15) is 25.8 Å². The summed E-state index contributed by atoms with van der Waals surface area (Å²) in [5.74, 6) is 0.674. The van der Waals surface area contributed by atoms with E-state index in [9.17, 15) is 12.8 Å². The maximum atomic E-state index is 13.9. The van der Waals surface area contributed by atoms with Gasteiger partial charge in [-0.15, -0.1) is 0 Å². The van der Waals surface area contributed by atoms with E-state index in [1.54, 1.807) is 19.1 Å². The Kier molecular flexibility index (Phi) is 6.42. The van der Waals surface area contributed by atoms with Crippen molar-refractivity contribution in [2.24, 2.45) is 4.99 Å². The van der Waals surface area contributed by atoms with E-state index >= 15 is 0 Å². The SMILES string of the molecule is CCNC(=NCc1ccc(OCC)c(F)c1)NC1CCS(=O)(=O)C1. The van der Waals surface area contributed by atoms with Crippen molar-refractivity contribution in [1.82, 2.24) is 10.6 Å². The normalized spacial score (nSPS) is 20.0. The predicted molar refractivity (Wildman–Crippen MR) is 92.6 cm³/mol. The van der Waals surface area contributed by atoms with Gasteiger partial charge in [0.15, 0.2) is 27.4 Å². The fourth-order valence-electron chi connectivity index (χ4n) is 2.51. The smallest absolute Gasteiger partial charge is 0.191 e. The van der Waals surface area contributed by atoms with Gasteiger partial charge < -0.3 is 15.4 Å². The molecule has 1 aliphatic heterocycles. The lowest BCUT2D eigenvalue weighted by atomic mass is 10.2. The summed E-state index contributed by atoms with van der Waals surface area (Å²) in [5, 5.41) is 6.21. The molecule has 1 fully saturated rings. The second-order valence-electron chi connectivity index (χ2n) is 5.64. The lowest BCUT2D eigenvalue weighted by molar-refractivity contribution is 0.321. The molecule has 1 atom stereocenters. The number of hydrogen-bond donors (Lipinski definition) is 2. The molecule has 0 bridgehead atoms. The third-order valence-corrected chi connectivity index (χ3v) is 5.40. The van der Waals surface area contributed by atoms with E-state index in [-0.39, 0.29) is 29.8 Å². The van der Waals surface area contributed by atoms with Gasteiger partial charge in [-0.05, 0) is 38.0 Å². The van der Waals surface area contributed by atoms with E-state index in [4.69, 9.17) is 4.74 Å². The molecule has 0 radical (unpaired) electrons. The van der Waals surface area contributed by atoms with Crippen molar-refractivity contribution in [1.29, 1.82) is 0 Å². The van der Waals surface area contributed by atoms with Gasteiger partial charge in [0.1, 0.15) is 0 Å². The number of benzene rings is 1. The van der Waals surface area contributed by atoms with Crippen LogP contribution in [0.15, 0.2) is 23.2 Å². The maximum absolute atomic E-state index is 13.9. The van der Waals surface area contributed by atoms with Crippen LogP contribution in [-0.4, -0.2) is 45.1 Å². The Hall–Kier alpha value is -1.83. The third-order valence-electron chi connectivity index (χ3n) is 3.63. The third kappa shape index (κ3) is 5.36. The van der Waals surface area contributed by atoms with E-state index in [2.05, 4.69) is 15.6 Å². The molecule has 1 aromatic rings. The summed E-state index contributed by atoms with van der Waals surface area (Å²) in [6, 6.07) is 4.62. The number of nitrogens with one attached hydrogen (secondary N) is 2. The molecule has 1 heterocycles. The highest BCUT2D eigenvalue weighted by Crippen LogP contribution is 2.18. The van der Waals surface area contributed by atoms with Crippen molar-refractivity contribution in [2.75, 3.05) is 24.7 Å². The molecule has 6 nitrogen and oxygen atoms in total. The number of nitrogens with zero attached hydrogens (tertiary/aromatic N) is 1. The summed E-state index contributed by atoms with van der Waals surface area (Å²) in [6.07, 6.45) is 0.574. The van der Waals surface area contributed by atoms with Gasteiger partial charge in [0.05, 0.1) is 24.7 Å². The van der Waals surface area contributed by atoms with Crippen molar-refractivity contribution < 1.29 is 17.5 Å². The van der Waals surface area contributed by atoms with E-state index in [0.717, 1.165) is 0 Å². The van der Waals surface area contributed by atoms with Gasteiger partial charge in [0, 0.05) is 12.6 Å². The van der Waals surface area contributed by atoms with Gasteiger partial charge in [-0.25, -0.2) is 17.8 Å². The molecule has 1 saturated heterocycles. The molecule has 1 unspecified atom stereocenters. The molecule has 1 aliphatic rings. The Labute approximate surface area is 142 Å². The number of halogens is 1. The van der Waals surface area contributed by atoms with Crippen molar-refractivity contribution in [3.63, 3.8) is 0 Å². The zero-order valence-corrected chi connectivity index (χ0v) is 14.8. The molecule has 0 aromatic heterocycles. The first kappa shape index (κ1) is 18.5. The molecule has 0 saturated carbocycles. The van der Waals surface area contributed by atoms with Crippen LogP contribution in [0.5, 0.6) is 5.75 Å². The fraction of sp³-hybridized carbons (Fsp3) is 0.562. The van der Waals surface area contributed by atoms with Crippen molar-refractivity contribution in [2.45, 2.75) is 32.9 Å². The van der Waals surface area contributed by atoms with Gasteiger partial charge in [-0.1, -0.05) is 6.07 Å². The number of ether oxygens (including phenoxy) is 1. The summed E-state index contributed by atoms with van der Waals surface area (Å²) < 4.78 is 42.1. The molecule has 1 aromatic carbocycles. The highest BCUT2D eigenvalue weighted by molar-refractivity contribution is 7.91. The summed E-state index contributed by atoms with van der Waals surface area (Å²) in [4.78, 5) is 4.40. The van der Waals surface area contributed by atoms with E-state index in [1.165, 1.54) is 6.07 Å². The standard InChI is InChI=1S/C16H24FN3O3S/c1-3-18-16(20-13-7-8-24(21,22)11-13)19-10-12-5-6-15(23-4-2)14(17)9-12/h5-6,9,13H,3-4,7-8,10-11H2,1-2H3,(H2,18,19,20). The molecule has 2 N–H and O–H groups in total. The van der Waals surface area contributed by atoms with Crippen LogP contribution in [0, 0.1) is 5.82 Å². The minimum Gasteiger partial charge on any atom is -0.491 e. The van der Waals surface area contributed by atoms with Crippen LogP contribution in [-0.2, 0) is 16.4 Å². The molecule has 0 amide bonds. The number of sulfone groups is 1. The number of guanidine groups is 1. The predicted octanol–water partition coefficient (Wildman–Crippen LogP) is 1.47. The van der Waals surface area contributed by atoms with E-state index in [0.29, 0.717) is 31.1 Å². The first-order valence-electron chi connectivity index (χ1n) is 8.10. The number of hydrogen-bond acceptors (Lipinski definition) is 4. The van der Waals surface area contributed by atoms with Crippen LogP contribution >= 0.6 is 0 Å². The van der Waals surface area contributed by atoms with Gasteiger partial charge in [0.25, 0.3) is 0 Å². The average molecular weight is 357 g/mol. The quantitative estimate of drug-likeness (QED) is 0.595. The topological polar surface area (TPSA) is 79.8 Å². The zero-order chi connectivity index (χ0) is 17.6. The maximum Gasteiger partial charge on any atom is 0.191 e. The van der Waals surface area contributed by atoms with Crippen LogP contribution < -0.4 is 15.4 Å². The summed E-state index contributed by atoms with van der Waals surface area (Å²) in [5.41, 5.74) is 0.715. The van der Waals surface area contributed by atoms with Crippen LogP contribution in [0.2, 0.25) is 0 Å². The summed E-state index contributed by atoms with van der Waals surface area (Å²) in [6.45, 7) is 5.09. The Balaban J connectivity index is 2.01. The molecule has 2 rings (SSSR count). The molecule has 134 valence electrons. The van der Waals surface area contributed by atoms with Crippen LogP contribution in [0.25, 0.3) is 0 Å². The first-order valence-corrected chi connectivity index (χ1v) is 9.92. The van der Waals surface area contributed by atoms with Gasteiger partial charge >= 0.3 is 0 Å². The minimum absolute atomic E-state index is 0.120. The monoisotopic (exact) mass is 357 g/mol. The first-order chi connectivity index (χ1) is 11.4. The average Bonchev–Trinajstić information content (AvgIpc) is 2.86. The van der Waals surface area contributed by atoms with E-state index < -0.39 is 15.7 Å².